The van der Waals surface area contributed by atoms with Crippen LogP contribution in [0.4, 0.5) is 5.69 Å². The molecule has 0 saturated heterocycles. The minimum Gasteiger partial charge on any atom is -0.343 e. The molecule has 28 heavy (non-hydrogen) atoms. The van der Waals surface area contributed by atoms with E-state index in [-0.39, 0.29) is 0 Å². The number of aromatic nitrogens is 1. The number of nitrogens with zero attached hydrogens (tertiary/aromatic N) is 1. The molecule has 0 unspecified atom stereocenters. The molecule has 0 atom stereocenters. The first-order valence-electron chi connectivity index (χ1n) is 9.71. The smallest absolute Gasteiger partial charge is 0.296 e. The third-order valence-electron chi connectivity index (χ3n) is 5.48. The Hall–Kier alpha value is -2.92. The van der Waals surface area contributed by atoms with E-state index >= 15 is 0 Å². The maximum absolute atomic E-state index is 13.3. The van der Waals surface area contributed by atoms with Crippen molar-refractivity contribution < 1.29 is 9.59 Å². The van der Waals surface area contributed by atoms with Crippen molar-refractivity contribution in [1.82, 2.24) is 9.88 Å². The zero-order valence-electron chi connectivity index (χ0n) is 16.6. The number of rotatable bonds is 3. The second-order valence-corrected chi connectivity index (χ2v) is 7.55. The molecule has 1 aliphatic heterocycles. The van der Waals surface area contributed by atoms with Crippen molar-refractivity contribution in [3.05, 3.63) is 64.3 Å². The first kappa shape index (κ1) is 18.4. The third kappa shape index (κ3) is 3.12. The minimum atomic E-state index is -0.577. The summed E-state index contributed by atoms with van der Waals surface area (Å²) in [6, 6.07) is 11.9. The van der Waals surface area contributed by atoms with E-state index in [1.54, 1.807) is 0 Å². The van der Waals surface area contributed by atoms with Gasteiger partial charge >= 0.3 is 0 Å². The number of amides is 1. The Morgan fingerprint density at radius 3 is 2.50 bits per heavy atom. The first-order chi connectivity index (χ1) is 13.5. The molecular formula is C23H25N3O2. The van der Waals surface area contributed by atoms with Crippen LogP contribution in [-0.4, -0.2) is 29.3 Å². The maximum atomic E-state index is 13.3. The number of benzene rings is 2. The zero-order valence-corrected chi connectivity index (χ0v) is 16.6. The van der Waals surface area contributed by atoms with Gasteiger partial charge in [0.1, 0.15) is 0 Å². The number of aryl methyl sites for hydroxylation is 3. The van der Waals surface area contributed by atoms with Crippen molar-refractivity contribution >= 4 is 28.3 Å². The van der Waals surface area contributed by atoms with Crippen LogP contribution in [0.2, 0.25) is 0 Å². The van der Waals surface area contributed by atoms with Gasteiger partial charge in [0.05, 0.1) is 5.56 Å². The van der Waals surface area contributed by atoms with Crippen molar-refractivity contribution in [1.29, 1.82) is 0 Å². The number of fused-ring (bicyclic) bond motifs is 3. The lowest BCUT2D eigenvalue weighted by Crippen LogP contribution is -2.25. The Morgan fingerprint density at radius 2 is 1.75 bits per heavy atom. The summed E-state index contributed by atoms with van der Waals surface area (Å²) in [5, 5.41) is 7.09. The van der Waals surface area contributed by atoms with Crippen molar-refractivity contribution in [3.63, 3.8) is 0 Å². The van der Waals surface area contributed by atoms with E-state index < -0.39 is 11.7 Å². The summed E-state index contributed by atoms with van der Waals surface area (Å²) in [6.07, 6.45) is 0.728. The standard InChI is InChI=1S/C23H25N3O2/c1-14-12-15(2)21(16(3)13-14)25-23(28)22(27)20-17-6-4-5-7-18(17)26-11-10-24-9-8-19(20)26/h4-7,12-13,24H,8-11H2,1-3H3,(H,25,28). The summed E-state index contributed by atoms with van der Waals surface area (Å²) in [5.74, 6) is -1.04. The maximum Gasteiger partial charge on any atom is 0.296 e. The van der Waals surface area contributed by atoms with Gasteiger partial charge in [-0.05, 0) is 38.0 Å². The highest BCUT2D eigenvalue weighted by molar-refractivity contribution is 6.48. The average Bonchev–Trinajstić information content (AvgIpc) is 2.80. The van der Waals surface area contributed by atoms with Crippen LogP contribution >= 0.6 is 0 Å². The molecule has 0 bridgehead atoms. The Kier molecular flexibility index (Phi) is 4.77. The molecule has 144 valence electrons. The Labute approximate surface area is 164 Å². The number of ketones is 1. The van der Waals surface area contributed by atoms with Crippen LogP contribution in [-0.2, 0) is 17.8 Å². The number of hydrogen-bond acceptors (Lipinski definition) is 3. The molecule has 2 heterocycles. The lowest BCUT2D eigenvalue weighted by Gasteiger charge is -2.13. The summed E-state index contributed by atoms with van der Waals surface area (Å²) in [7, 11) is 0. The molecular weight excluding hydrogens is 350 g/mol. The fourth-order valence-corrected chi connectivity index (χ4v) is 4.31. The molecule has 2 N–H and O–H groups in total. The van der Waals surface area contributed by atoms with Crippen molar-refractivity contribution in [2.45, 2.75) is 33.7 Å². The molecule has 0 spiro atoms. The second kappa shape index (κ2) is 7.24. The Bertz CT molecular complexity index is 1070. The highest BCUT2D eigenvalue weighted by Gasteiger charge is 2.28. The minimum absolute atomic E-state index is 0.466. The molecule has 0 radical (unpaired) electrons. The molecule has 1 amide bonds. The SMILES string of the molecule is Cc1cc(C)c(NC(=O)C(=O)c2c3n(c4ccccc24)CCNCC3)c(C)c1. The molecule has 3 aromatic rings. The largest absolute Gasteiger partial charge is 0.343 e. The Morgan fingerprint density at radius 1 is 1.04 bits per heavy atom. The van der Waals surface area contributed by atoms with Gasteiger partial charge in [0.15, 0.2) is 0 Å². The van der Waals surface area contributed by atoms with E-state index in [1.165, 1.54) is 0 Å². The van der Waals surface area contributed by atoms with Crippen LogP contribution in [0, 0.1) is 20.8 Å². The van der Waals surface area contributed by atoms with Crippen molar-refractivity contribution in [2.75, 3.05) is 18.4 Å². The predicted octanol–water partition coefficient (Wildman–Crippen LogP) is 3.53. The van der Waals surface area contributed by atoms with Gasteiger partial charge in [-0.15, -0.1) is 0 Å². The summed E-state index contributed by atoms with van der Waals surface area (Å²) in [5.41, 5.74) is 6.28. The van der Waals surface area contributed by atoms with Gasteiger partial charge < -0.3 is 15.2 Å². The molecule has 1 aliphatic rings. The summed E-state index contributed by atoms with van der Waals surface area (Å²) in [6.45, 7) is 8.37. The molecule has 0 aliphatic carbocycles. The molecule has 0 saturated carbocycles. The lowest BCUT2D eigenvalue weighted by atomic mass is 10.0. The van der Waals surface area contributed by atoms with E-state index in [2.05, 4.69) is 15.2 Å². The quantitative estimate of drug-likeness (QED) is 0.544. The lowest BCUT2D eigenvalue weighted by molar-refractivity contribution is -0.112. The van der Waals surface area contributed by atoms with Gasteiger partial charge in [-0.3, -0.25) is 9.59 Å². The van der Waals surface area contributed by atoms with Gasteiger partial charge in [0.25, 0.3) is 11.7 Å². The molecule has 1 aromatic heterocycles. The number of carbonyl (C=O) groups excluding carboxylic acids is 2. The van der Waals surface area contributed by atoms with Gasteiger partial charge in [0, 0.05) is 48.3 Å². The van der Waals surface area contributed by atoms with Crippen LogP contribution < -0.4 is 10.6 Å². The van der Waals surface area contributed by atoms with E-state index in [0.717, 1.165) is 65.0 Å². The summed E-state index contributed by atoms with van der Waals surface area (Å²) in [4.78, 5) is 26.2. The van der Waals surface area contributed by atoms with Crippen molar-refractivity contribution in [3.8, 4) is 0 Å². The van der Waals surface area contributed by atoms with Gasteiger partial charge in [-0.2, -0.15) is 0 Å². The van der Waals surface area contributed by atoms with Gasteiger partial charge in [-0.1, -0.05) is 35.9 Å². The number of Topliss-reactive ketones (excluding diaryl/α,β-unsaturated/α-hetero) is 1. The monoisotopic (exact) mass is 375 g/mol. The van der Waals surface area contributed by atoms with Gasteiger partial charge in [-0.25, -0.2) is 0 Å². The number of carbonyl (C=O) groups is 2. The summed E-state index contributed by atoms with van der Waals surface area (Å²) >= 11 is 0. The van der Waals surface area contributed by atoms with Crippen LogP contribution in [0.3, 0.4) is 0 Å². The second-order valence-electron chi connectivity index (χ2n) is 7.55. The molecule has 5 nitrogen and oxygen atoms in total. The molecule has 5 heteroatoms. The first-order valence-corrected chi connectivity index (χ1v) is 9.71. The van der Waals surface area contributed by atoms with E-state index in [0.29, 0.717) is 5.56 Å². The topological polar surface area (TPSA) is 63.1 Å². The normalized spacial score (nSPS) is 13.8. The van der Waals surface area contributed by atoms with E-state index in [4.69, 9.17) is 0 Å². The number of hydrogen-bond donors (Lipinski definition) is 2. The van der Waals surface area contributed by atoms with Crippen LogP contribution in [0.15, 0.2) is 36.4 Å². The number of anilines is 1. The van der Waals surface area contributed by atoms with Crippen LogP contribution in [0.25, 0.3) is 10.9 Å². The highest BCUT2D eigenvalue weighted by atomic mass is 16.2. The third-order valence-corrected chi connectivity index (χ3v) is 5.48. The van der Waals surface area contributed by atoms with Gasteiger partial charge in [0.2, 0.25) is 0 Å². The predicted molar refractivity (Wildman–Crippen MR) is 112 cm³/mol. The number of para-hydroxylation sites is 1. The highest BCUT2D eigenvalue weighted by Crippen LogP contribution is 2.29. The zero-order chi connectivity index (χ0) is 19.8. The fourth-order valence-electron chi connectivity index (χ4n) is 4.31. The molecule has 2 aromatic carbocycles. The van der Waals surface area contributed by atoms with Crippen molar-refractivity contribution in [2.24, 2.45) is 0 Å². The van der Waals surface area contributed by atoms with E-state index in [1.807, 2.05) is 57.2 Å². The fraction of sp³-hybridized carbons (Fsp3) is 0.304. The summed E-state index contributed by atoms with van der Waals surface area (Å²) < 4.78 is 2.18. The Balaban J connectivity index is 1.75. The number of nitrogens with one attached hydrogen (secondary N) is 2. The average molecular weight is 375 g/mol. The van der Waals surface area contributed by atoms with E-state index in [9.17, 15) is 9.59 Å². The van der Waals surface area contributed by atoms with Crippen LogP contribution in [0.1, 0.15) is 32.7 Å². The molecule has 0 fully saturated rings. The van der Waals surface area contributed by atoms with Crippen LogP contribution in [0.5, 0.6) is 0 Å². The molecule has 4 rings (SSSR count).